The molecule has 0 saturated heterocycles. The van der Waals surface area contributed by atoms with Crippen LogP contribution in [0.2, 0.25) is 0 Å². The van der Waals surface area contributed by atoms with Gasteiger partial charge in [-0.05, 0) is 30.8 Å². The Morgan fingerprint density at radius 2 is 1.20 bits per heavy atom. The average Bonchev–Trinajstić information content (AvgIpc) is 2.22. The Bertz CT molecular complexity index is 160. The van der Waals surface area contributed by atoms with Crippen molar-refractivity contribution in [1.82, 2.24) is 0 Å². The highest BCUT2D eigenvalue weighted by Gasteiger charge is 2.25. The molecule has 0 fully saturated rings. The van der Waals surface area contributed by atoms with E-state index in [9.17, 15) is 5.11 Å². The highest BCUT2D eigenvalue weighted by molar-refractivity contribution is 5.12. The summed E-state index contributed by atoms with van der Waals surface area (Å²) in [7, 11) is 0. The quantitative estimate of drug-likeness (QED) is 0.598. The second kappa shape index (κ2) is 10.1. The third-order valence-electron chi connectivity index (χ3n) is 2.95. The number of hydrogen-bond acceptors (Lipinski definition) is 1. The Kier molecular flexibility index (Phi) is 13.4. The predicted molar refractivity (Wildman–Crippen MR) is 72.3 cm³/mol. The van der Waals surface area contributed by atoms with Gasteiger partial charge in [0, 0.05) is 0 Å². The molecular weight excluding hydrogens is 184 g/mol. The van der Waals surface area contributed by atoms with E-state index in [-0.39, 0.29) is 5.41 Å². The second-order valence-electron chi connectivity index (χ2n) is 4.09. The topological polar surface area (TPSA) is 20.2 Å². The van der Waals surface area contributed by atoms with Crippen LogP contribution in [0.3, 0.4) is 0 Å². The van der Waals surface area contributed by atoms with Crippen molar-refractivity contribution in [2.75, 3.05) is 0 Å². The van der Waals surface area contributed by atoms with Gasteiger partial charge in [0.15, 0.2) is 0 Å². The molecule has 0 heterocycles. The van der Waals surface area contributed by atoms with Crippen LogP contribution in [0.15, 0.2) is 11.3 Å². The van der Waals surface area contributed by atoms with E-state index in [1.807, 2.05) is 34.6 Å². The lowest BCUT2D eigenvalue weighted by Crippen LogP contribution is -2.21. The van der Waals surface area contributed by atoms with Gasteiger partial charge in [0.1, 0.15) is 0 Å². The normalized spacial score (nSPS) is 11.9. The maximum atomic E-state index is 9.29. The fourth-order valence-electron chi connectivity index (χ4n) is 0.899. The van der Waals surface area contributed by atoms with E-state index < -0.39 is 0 Å². The SMILES string of the molecule is C/C(O)=C(\C)C(C)(C)C(C)C.CC.CC. The molecule has 0 bridgehead atoms. The molecule has 0 aromatic rings. The Morgan fingerprint density at radius 1 is 0.933 bits per heavy atom. The molecule has 1 N–H and O–H groups in total. The largest absolute Gasteiger partial charge is 0.513 e. The molecule has 0 radical (unpaired) electrons. The summed E-state index contributed by atoms with van der Waals surface area (Å²) in [6.45, 7) is 20.4. The Morgan fingerprint density at radius 3 is 1.27 bits per heavy atom. The maximum absolute atomic E-state index is 9.29. The Labute approximate surface area is 97.6 Å². The highest BCUT2D eigenvalue weighted by Crippen LogP contribution is 2.35. The number of aliphatic hydroxyl groups excluding tert-OH is 1. The zero-order chi connectivity index (χ0) is 13.2. The molecule has 0 aromatic heterocycles. The van der Waals surface area contributed by atoms with Gasteiger partial charge < -0.3 is 5.11 Å². The van der Waals surface area contributed by atoms with Crippen molar-refractivity contribution in [2.45, 2.75) is 69.2 Å². The van der Waals surface area contributed by atoms with Gasteiger partial charge in [0.25, 0.3) is 0 Å². The van der Waals surface area contributed by atoms with Crippen LogP contribution in [-0.4, -0.2) is 5.11 Å². The van der Waals surface area contributed by atoms with Crippen molar-refractivity contribution in [3.63, 3.8) is 0 Å². The highest BCUT2D eigenvalue weighted by atomic mass is 16.3. The van der Waals surface area contributed by atoms with Gasteiger partial charge >= 0.3 is 0 Å². The van der Waals surface area contributed by atoms with E-state index in [1.54, 1.807) is 6.92 Å². The van der Waals surface area contributed by atoms with Gasteiger partial charge in [-0.25, -0.2) is 0 Å². The van der Waals surface area contributed by atoms with Crippen LogP contribution in [0.5, 0.6) is 0 Å². The second-order valence-corrected chi connectivity index (χ2v) is 4.09. The molecule has 0 unspecified atom stereocenters. The molecule has 0 aliphatic heterocycles. The lowest BCUT2D eigenvalue weighted by atomic mass is 9.75. The summed E-state index contributed by atoms with van der Waals surface area (Å²) in [5.41, 5.74) is 1.20. The van der Waals surface area contributed by atoms with Crippen LogP contribution in [0.1, 0.15) is 69.2 Å². The van der Waals surface area contributed by atoms with Crippen molar-refractivity contribution < 1.29 is 5.11 Å². The van der Waals surface area contributed by atoms with Crippen LogP contribution in [0.25, 0.3) is 0 Å². The number of rotatable bonds is 2. The molecule has 0 spiro atoms. The van der Waals surface area contributed by atoms with Crippen LogP contribution in [0.4, 0.5) is 0 Å². The molecule has 0 rings (SSSR count). The van der Waals surface area contributed by atoms with Gasteiger partial charge in [-0.15, -0.1) is 0 Å². The molecule has 15 heavy (non-hydrogen) atoms. The Balaban J connectivity index is -0.000000318. The fraction of sp³-hybridized carbons (Fsp3) is 0.857. The van der Waals surface area contributed by atoms with Crippen LogP contribution < -0.4 is 0 Å². The average molecular weight is 216 g/mol. The first-order chi connectivity index (χ1) is 6.80. The van der Waals surface area contributed by atoms with E-state index in [1.165, 1.54) is 0 Å². The minimum Gasteiger partial charge on any atom is -0.513 e. The molecule has 1 heteroatoms. The molecule has 0 aliphatic carbocycles. The first kappa shape index (κ1) is 20.0. The van der Waals surface area contributed by atoms with E-state index in [2.05, 4.69) is 27.7 Å². The van der Waals surface area contributed by atoms with Gasteiger partial charge in [-0.2, -0.15) is 0 Å². The molecule has 0 atom stereocenters. The van der Waals surface area contributed by atoms with Crippen LogP contribution in [0, 0.1) is 11.3 Å². The zero-order valence-electron chi connectivity index (χ0n) is 12.5. The lowest BCUT2D eigenvalue weighted by Gasteiger charge is -2.30. The smallest absolute Gasteiger partial charge is 0.0886 e. The summed E-state index contributed by atoms with van der Waals surface area (Å²) in [4.78, 5) is 0. The monoisotopic (exact) mass is 216 g/mol. The lowest BCUT2D eigenvalue weighted by molar-refractivity contribution is 0.285. The van der Waals surface area contributed by atoms with E-state index in [0.29, 0.717) is 11.7 Å². The van der Waals surface area contributed by atoms with Crippen molar-refractivity contribution in [2.24, 2.45) is 11.3 Å². The molecule has 1 nitrogen and oxygen atoms in total. The molecule has 0 aliphatic rings. The number of aliphatic hydroxyl groups is 1. The number of allylic oxidation sites excluding steroid dienone is 2. The van der Waals surface area contributed by atoms with E-state index in [4.69, 9.17) is 0 Å². The van der Waals surface area contributed by atoms with E-state index >= 15 is 0 Å². The first-order valence-corrected chi connectivity index (χ1v) is 6.17. The van der Waals surface area contributed by atoms with Crippen LogP contribution in [-0.2, 0) is 0 Å². The summed E-state index contributed by atoms with van der Waals surface area (Å²) < 4.78 is 0. The minimum absolute atomic E-state index is 0.110. The van der Waals surface area contributed by atoms with E-state index in [0.717, 1.165) is 5.57 Å². The van der Waals surface area contributed by atoms with Gasteiger partial charge in [-0.3, -0.25) is 0 Å². The molecular formula is C14H32O. The third-order valence-corrected chi connectivity index (χ3v) is 2.95. The standard InChI is InChI=1S/C10H20O.2C2H6/c1-7(2)10(5,6)8(3)9(4)11;2*1-2/h7,11H,1-6H3;2*1-2H3/b9-8-;;. The van der Waals surface area contributed by atoms with Gasteiger partial charge in [0.05, 0.1) is 5.76 Å². The molecule has 94 valence electrons. The number of hydrogen-bond donors (Lipinski definition) is 1. The minimum atomic E-state index is 0.110. The molecule has 0 amide bonds. The summed E-state index contributed by atoms with van der Waals surface area (Å²) in [6, 6.07) is 0. The molecule has 0 saturated carbocycles. The van der Waals surface area contributed by atoms with Crippen molar-refractivity contribution in [3.05, 3.63) is 11.3 Å². The van der Waals surface area contributed by atoms with Crippen molar-refractivity contribution in [3.8, 4) is 0 Å². The third kappa shape index (κ3) is 7.47. The summed E-state index contributed by atoms with van der Waals surface area (Å²) in [5, 5.41) is 9.29. The fourth-order valence-corrected chi connectivity index (χ4v) is 0.899. The zero-order valence-corrected chi connectivity index (χ0v) is 12.5. The first-order valence-electron chi connectivity index (χ1n) is 6.17. The summed E-state index contributed by atoms with van der Waals surface area (Å²) in [5.74, 6) is 1.02. The summed E-state index contributed by atoms with van der Waals surface area (Å²) >= 11 is 0. The van der Waals surface area contributed by atoms with Crippen molar-refractivity contribution >= 4 is 0 Å². The van der Waals surface area contributed by atoms with Gasteiger partial charge in [-0.1, -0.05) is 55.4 Å². The molecule has 0 aromatic carbocycles. The predicted octanol–water partition coefficient (Wildman–Crippen LogP) is 5.57. The van der Waals surface area contributed by atoms with Crippen molar-refractivity contribution in [1.29, 1.82) is 0 Å². The Hall–Kier alpha value is -0.460. The maximum Gasteiger partial charge on any atom is 0.0886 e. The van der Waals surface area contributed by atoms with Gasteiger partial charge in [0.2, 0.25) is 0 Å². The van der Waals surface area contributed by atoms with Crippen LogP contribution >= 0.6 is 0 Å². The summed E-state index contributed by atoms with van der Waals surface area (Å²) in [6.07, 6.45) is 0.